The Kier molecular flexibility index (Phi) is 24.9. The zero-order chi connectivity index (χ0) is 29.9. The van der Waals surface area contributed by atoms with Crippen LogP contribution in [0.3, 0.4) is 0 Å². The highest BCUT2D eigenvalue weighted by molar-refractivity contribution is 9.09. The lowest BCUT2D eigenvalue weighted by Crippen LogP contribution is -2.41. The van der Waals surface area contributed by atoms with Crippen molar-refractivity contribution in [3.05, 3.63) is 0 Å². The highest BCUT2D eigenvalue weighted by Crippen LogP contribution is 2.45. The molecule has 0 aromatic carbocycles. The summed E-state index contributed by atoms with van der Waals surface area (Å²) in [5, 5.41) is 3.76. The smallest absolute Gasteiger partial charge is 0.446 e. The van der Waals surface area contributed by atoms with Gasteiger partial charge in [0.2, 0.25) is 0 Å². The number of hydrogen-bond donors (Lipinski definition) is 2. The third-order valence-electron chi connectivity index (χ3n) is 7.72. The van der Waals surface area contributed by atoms with Crippen molar-refractivity contribution in [3.8, 4) is 0 Å². The van der Waals surface area contributed by atoms with E-state index in [1.54, 1.807) is 0 Å². The average molecular weight is 671 g/mol. The summed E-state index contributed by atoms with van der Waals surface area (Å²) in [7, 11) is -4.18. The minimum absolute atomic E-state index is 0.0235. The molecular weight excluding hydrogens is 609 g/mol. The van der Waals surface area contributed by atoms with Gasteiger partial charge < -0.3 is 19.7 Å². The van der Waals surface area contributed by atoms with Crippen molar-refractivity contribution in [2.24, 2.45) is 0 Å². The van der Waals surface area contributed by atoms with Crippen LogP contribution in [0.5, 0.6) is 0 Å². The SMILES string of the molecule is CCCCCCCCCCCCCCCCCCNC(=O)OCC1(COP(=O)(O)OCCCCCCBr)CCCO1. The average Bonchev–Trinajstić information content (AvgIpc) is 3.44. The van der Waals surface area contributed by atoms with E-state index < -0.39 is 19.5 Å². The molecule has 1 heterocycles. The van der Waals surface area contributed by atoms with E-state index >= 15 is 0 Å². The van der Waals surface area contributed by atoms with Gasteiger partial charge in [-0.1, -0.05) is 132 Å². The van der Waals surface area contributed by atoms with E-state index in [9.17, 15) is 14.3 Å². The van der Waals surface area contributed by atoms with Crippen molar-refractivity contribution >= 4 is 29.8 Å². The van der Waals surface area contributed by atoms with E-state index in [0.29, 0.717) is 26.0 Å². The Bertz CT molecular complexity index is 664. The number of carbonyl (C=O) groups is 1. The van der Waals surface area contributed by atoms with Gasteiger partial charge in [-0.3, -0.25) is 9.05 Å². The van der Waals surface area contributed by atoms with Crippen LogP contribution in [-0.2, 0) is 23.1 Å². The summed E-state index contributed by atoms with van der Waals surface area (Å²) < 4.78 is 33.7. The standard InChI is InChI=1S/C31H61BrNO7P/c1-2-3-4-5-6-7-8-9-10-11-12-13-14-15-17-20-25-33-30(34)37-28-31(23-22-26-38-31)29-40-41(35,36)39-27-21-18-16-19-24-32/h2-29H2,1H3,(H,33,34)(H,35,36). The van der Waals surface area contributed by atoms with Crippen LogP contribution in [0.1, 0.15) is 148 Å². The molecule has 1 saturated heterocycles. The number of phosphoric ester groups is 1. The largest absolute Gasteiger partial charge is 0.472 e. The maximum atomic E-state index is 12.3. The fraction of sp³-hybridized carbons (Fsp3) is 0.968. The highest BCUT2D eigenvalue weighted by Gasteiger charge is 2.40. The quantitative estimate of drug-likeness (QED) is 0.0464. The molecule has 0 aromatic rings. The number of halogens is 1. The molecule has 0 bridgehead atoms. The molecule has 1 amide bonds. The second-order valence-corrected chi connectivity index (χ2v) is 13.9. The first-order valence-corrected chi connectivity index (χ1v) is 19.3. The van der Waals surface area contributed by atoms with Gasteiger partial charge in [0.05, 0.1) is 13.2 Å². The molecule has 2 unspecified atom stereocenters. The lowest BCUT2D eigenvalue weighted by Gasteiger charge is -2.28. The van der Waals surface area contributed by atoms with Gasteiger partial charge in [-0.05, 0) is 32.1 Å². The predicted molar refractivity (Wildman–Crippen MR) is 171 cm³/mol. The molecule has 1 aliphatic heterocycles. The Morgan fingerprint density at radius 2 is 1.34 bits per heavy atom. The predicted octanol–water partition coefficient (Wildman–Crippen LogP) is 9.61. The van der Waals surface area contributed by atoms with Gasteiger partial charge in [0.15, 0.2) is 0 Å². The molecule has 0 spiro atoms. The molecule has 0 radical (unpaired) electrons. The van der Waals surface area contributed by atoms with Crippen molar-refractivity contribution in [2.75, 3.05) is 38.3 Å². The second kappa shape index (κ2) is 26.2. The van der Waals surface area contributed by atoms with Gasteiger partial charge in [0, 0.05) is 18.5 Å². The first kappa shape index (κ1) is 38.8. The number of ether oxygens (including phenoxy) is 2. The molecule has 8 nitrogen and oxygen atoms in total. The fourth-order valence-corrected chi connectivity index (χ4v) is 6.33. The molecule has 0 aromatic heterocycles. The zero-order valence-electron chi connectivity index (χ0n) is 26.0. The van der Waals surface area contributed by atoms with Crippen LogP contribution in [0.2, 0.25) is 0 Å². The maximum Gasteiger partial charge on any atom is 0.472 e. The number of rotatable bonds is 29. The van der Waals surface area contributed by atoms with Crippen LogP contribution in [0, 0.1) is 0 Å². The minimum Gasteiger partial charge on any atom is -0.446 e. The molecule has 2 atom stereocenters. The van der Waals surface area contributed by atoms with Crippen LogP contribution in [-0.4, -0.2) is 54.9 Å². The van der Waals surface area contributed by atoms with E-state index in [-0.39, 0.29) is 19.8 Å². The lowest BCUT2D eigenvalue weighted by molar-refractivity contribution is -0.0742. The molecule has 244 valence electrons. The summed E-state index contributed by atoms with van der Waals surface area (Å²) in [5.74, 6) is 0. The summed E-state index contributed by atoms with van der Waals surface area (Å²) in [6, 6.07) is 0. The van der Waals surface area contributed by atoms with E-state index in [4.69, 9.17) is 18.5 Å². The van der Waals surface area contributed by atoms with E-state index in [1.807, 2.05) is 0 Å². The molecule has 41 heavy (non-hydrogen) atoms. The molecule has 1 aliphatic rings. The summed E-state index contributed by atoms with van der Waals surface area (Å²) >= 11 is 3.39. The van der Waals surface area contributed by atoms with E-state index in [2.05, 4.69) is 28.2 Å². The van der Waals surface area contributed by atoms with Crippen LogP contribution >= 0.6 is 23.8 Å². The van der Waals surface area contributed by atoms with Gasteiger partial charge in [-0.15, -0.1) is 0 Å². The van der Waals surface area contributed by atoms with Gasteiger partial charge >= 0.3 is 13.9 Å². The van der Waals surface area contributed by atoms with Gasteiger partial charge in [0.1, 0.15) is 12.2 Å². The van der Waals surface area contributed by atoms with Gasteiger partial charge in [-0.25, -0.2) is 9.36 Å². The van der Waals surface area contributed by atoms with Crippen molar-refractivity contribution in [1.82, 2.24) is 5.32 Å². The highest BCUT2D eigenvalue weighted by atomic mass is 79.9. The monoisotopic (exact) mass is 669 g/mol. The van der Waals surface area contributed by atoms with Crippen molar-refractivity contribution in [1.29, 1.82) is 0 Å². The van der Waals surface area contributed by atoms with Crippen LogP contribution in [0.15, 0.2) is 0 Å². The first-order valence-electron chi connectivity index (χ1n) is 16.7. The molecule has 1 fully saturated rings. The molecule has 10 heteroatoms. The summed E-state index contributed by atoms with van der Waals surface area (Å²) in [5.41, 5.74) is -0.913. The topological polar surface area (TPSA) is 103 Å². The molecule has 0 saturated carbocycles. The Morgan fingerprint density at radius 3 is 1.88 bits per heavy atom. The molecule has 2 N–H and O–H groups in total. The first-order chi connectivity index (χ1) is 19.9. The summed E-state index contributed by atoms with van der Waals surface area (Å²) in [6.07, 6.45) is 25.7. The Morgan fingerprint density at radius 1 is 0.805 bits per heavy atom. The summed E-state index contributed by atoms with van der Waals surface area (Å²) in [6.45, 7) is 3.34. The maximum absolute atomic E-state index is 12.3. The minimum atomic E-state index is -4.18. The fourth-order valence-electron chi connectivity index (χ4n) is 5.10. The van der Waals surface area contributed by atoms with Crippen molar-refractivity contribution in [3.63, 3.8) is 0 Å². The summed E-state index contributed by atoms with van der Waals surface area (Å²) in [4.78, 5) is 22.2. The number of amides is 1. The Labute approximate surface area is 259 Å². The number of alkyl halides is 1. The number of unbranched alkanes of at least 4 members (excludes halogenated alkanes) is 18. The molecular formula is C31H61BrNO7P. The van der Waals surface area contributed by atoms with Crippen molar-refractivity contribution < 1.29 is 32.8 Å². The van der Waals surface area contributed by atoms with E-state index in [0.717, 1.165) is 43.9 Å². The van der Waals surface area contributed by atoms with Crippen molar-refractivity contribution in [2.45, 2.75) is 154 Å². The number of hydrogen-bond acceptors (Lipinski definition) is 6. The van der Waals surface area contributed by atoms with Crippen LogP contribution < -0.4 is 5.32 Å². The third kappa shape index (κ3) is 22.9. The lowest BCUT2D eigenvalue weighted by atomic mass is 10.0. The normalized spacial score (nSPS) is 18.4. The number of alkyl carbamates (subject to hydrolysis) is 1. The molecule has 1 rings (SSSR count). The van der Waals surface area contributed by atoms with Gasteiger partial charge in [0.25, 0.3) is 0 Å². The van der Waals surface area contributed by atoms with Crippen LogP contribution in [0.4, 0.5) is 4.79 Å². The Balaban J connectivity index is 2.01. The van der Waals surface area contributed by atoms with Gasteiger partial charge in [-0.2, -0.15) is 0 Å². The number of nitrogens with one attached hydrogen (secondary N) is 1. The third-order valence-corrected chi connectivity index (χ3v) is 9.25. The molecule has 0 aliphatic carbocycles. The Hall–Kier alpha value is -0.180. The second-order valence-electron chi connectivity index (χ2n) is 11.6. The zero-order valence-corrected chi connectivity index (χ0v) is 28.5. The van der Waals surface area contributed by atoms with E-state index in [1.165, 1.54) is 89.9 Å². The number of phosphoric acid groups is 1. The number of carbonyl (C=O) groups excluding carboxylic acids is 1. The van der Waals surface area contributed by atoms with Crippen LogP contribution in [0.25, 0.3) is 0 Å².